The van der Waals surface area contributed by atoms with Crippen LogP contribution in [0.3, 0.4) is 0 Å². The Kier molecular flexibility index (Phi) is 15.4. The van der Waals surface area contributed by atoms with Crippen LogP contribution in [0.2, 0.25) is 0 Å². The van der Waals surface area contributed by atoms with Gasteiger partial charge in [-0.25, -0.2) is 17.9 Å². The summed E-state index contributed by atoms with van der Waals surface area (Å²) >= 11 is 0.431. The van der Waals surface area contributed by atoms with Gasteiger partial charge in [-0.05, 0) is 36.8 Å². The monoisotopic (exact) mass is 913 g/mol. The zero-order chi connectivity index (χ0) is 42.7. The van der Waals surface area contributed by atoms with Gasteiger partial charge in [0.05, 0.1) is 40.7 Å². The summed E-state index contributed by atoms with van der Waals surface area (Å²) in [6.07, 6.45) is -1.51. The minimum Gasteiger partial charge on any atom is -0.504 e. The van der Waals surface area contributed by atoms with Crippen LogP contribution in [-0.4, -0.2) is 103 Å². The second kappa shape index (κ2) is 19.6. The second-order valence-electron chi connectivity index (χ2n) is 10.8. The minimum atomic E-state index is -5.02. The number of anilines is 4. The van der Waals surface area contributed by atoms with Crippen LogP contribution in [0, 0.1) is 6.08 Å². The predicted molar refractivity (Wildman–Crippen MR) is 198 cm³/mol. The highest BCUT2D eigenvalue weighted by Crippen LogP contribution is 2.37. The number of nitrogens with one attached hydrogen (secondary N) is 3. The Labute approximate surface area is 331 Å². The number of aromatic nitrogens is 3. The van der Waals surface area contributed by atoms with E-state index >= 15 is 0 Å². The molecule has 4 rings (SSSR count). The molecule has 4 aromatic rings. The number of amidine groups is 1. The van der Waals surface area contributed by atoms with Crippen molar-refractivity contribution in [2.24, 2.45) is 15.3 Å². The minimum absolute atomic E-state index is 0.120. The highest BCUT2D eigenvalue weighted by atomic mass is 32.3. The lowest BCUT2D eigenvalue weighted by Gasteiger charge is -2.13. The fourth-order valence-corrected chi connectivity index (χ4v) is 7.30. The number of hydrogen-bond acceptors (Lipinski definition) is 22. The van der Waals surface area contributed by atoms with Gasteiger partial charge in [-0.15, -0.1) is 14.6 Å². The zero-order valence-electron chi connectivity index (χ0n) is 28.6. The second-order valence-corrected chi connectivity index (χ2v) is 17.8. The number of phenols is 1. The zero-order valence-corrected chi connectivity index (χ0v) is 32.7. The maximum absolute atomic E-state index is 14.4. The van der Waals surface area contributed by atoms with Gasteiger partial charge in [-0.1, -0.05) is 35.4 Å². The van der Waals surface area contributed by atoms with E-state index < -0.39 is 109 Å². The third-order valence-electron chi connectivity index (χ3n) is 6.71. The first kappa shape index (κ1) is 45.6. The molecule has 1 aromatic heterocycles. The van der Waals surface area contributed by atoms with E-state index in [9.17, 15) is 52.3 Å². The lowest BCUT2D eigenvalue weighted by atomic mass is 10.2. The van der Waals surface area contributed by atoms with Crippen molar-refractivity contribution in [1.82, 2.24) is 15.0 Å². The Morgan fingerprint density at radius 3 is 2.19 bits per heavy atom. The first-order valence-corrected chi connectivity index (χ1v) is 22.1. The van der Waals surface area contributed by atoms with Gasteiger partial charge in [-0.2, -0.15) is 49.7 Å². The summed E-state index contributed by atoms with van der Waals surface area (Å²) in [6, 6.07) is 12.3. The molecule has 0 unspecified atom stereocenters. The summed E-state index contributed by atoms with van der Waals surface area (Å²) in [6.45, 7) is -1.00. The van der Waals surface area contributed by atoms with E-state index in [4.69, 9.17) is 9.81 Å². The Hall–Kier alpha value is -5.06. The lowest BCUT2D eigenvalue weighted by Crippen LogP contribution is -2.19. The molecule has 0 aliphatic carbocycles. The topological polar surface area (TPSA) is 377 Å². The number of phenolic OH excluding ortho intramolecular Hbond substituents is 1. The van der Waals surface area contributed by atoms with Crippen molar-refractivity contribution in [3.8, 4) is 5.75 Å². The van der Waals surface area contributed by atoms with E-state index in [0.29, 0.717) is 12.0 Å². The van der Waals surface area contributed by atoms with Crippen molar-refractivity contribution in [2.45, 2.75) is 21.1 Å². The van der Waals surface area contributed by atoms with Gasteiger partial charge in [0.25, 0.3) is 20.2 Å². The summed E-state index contributed by atoms with van der Waals surface area (Å²) in [5, 5.41) is 39.8. The largest absolute Gasteiger partial charge is 0.504 e. The molecule has 8 N–H and O–H groups in total. The molecule has 314 valence electrons. The number of benzene rings is 3. The molecule has 25 nitrogen and oxygen atoms in total. The third kappa shape index (κ3) is 14.4. The van der Waals surface area contributed by atoms with Crippen LogP contribution >= 0.6 is 12.0 Å². The Balaban J connectivity index is 1.62. The number of azo groups is 1. The van der Waals surface area contributed by atoms with Crippen LogP contribution in [0.25, 0.3) is 0 Å². The van der Waals surface area contributed by atoms with E-state index in [1.165, 1.54) is 18.2 Å². The lowest BCUT2D eigenvalue weighted by molar-refractivity contribution is -0.432. The first-order chi connectivity index (χ1) is 27.1. The molecule has 0 saturated heterocycles. The highest BCUT2D eigenvalue weighted by molar-refractivity contribution is 7.94. The predicted octanol–water partition coefficient (Wildman–Crippen LogP) is 2.98. The van der Waals surface area contributed by atoms with Gasteiger partial charge in [0, 0.05) is 17.0 Å². The van der Waals surface area contributed by atoms with Crippen molar-refractivity contribution >= 4 is 87.3 Å². The van der Waals surface area contributed by atoms with Crippen LogP contribution < -0.4 is 16.1 Å². The van der Waals surface area contributed by atoms with Gasteiger partial charge in [0.15, 0.2) is 15.6 Å². The van der Waals surface area contributed by atoms with E-state index in [-0.39, 0.29) is 29.3 Å². The average molecular weight is 914 g/mol. The van der Waals surface area contributed by atoms with Crippen molar-refractivity contribution in [2.75, 3.05) is 40.7 Å². The van der Waals surface area contributed by atoms with Gasteiger partial charge in [-0.3, -0.25) is 19.1 Å². The molecule has 0 atom stereocenters. The van der Waals surface area contributed by atoms with Crippen molar-refractivity contribution in [3.05, 3.63) is 72.3 Å². The summed E-state index contributed by atoms with van der Waals surface area (Å²) < 4.78 is 145. The normalized spacial score (nSPS) is 12.8. The van der Waals surface area contributed by atoms with Crippen LogP contribution in [0.4, 0.5) is 33.3 Å². The fraction of sp³-hybridized carbons (Fsp3) is 0.185. The maximum atomic E-state index is 14.4. The first-order valence-electron chi connectivity index (χ1n) is 15.3. The average Bonchev–Trinajstić information content (AvgIpc) is 3.12. The number of aromatic hydroxyl groups is 1. The molecule has 0 radical (unpaired) electrons. The Morgan fingerprint density at radius 2 is 1.53 bits per heavy atom. The molecule has 31 heteroatoms. The molecule has 0 spiro atoms. The van der Waals surface area contributed by atoms with Crippen LogP contribution in [0.1, 0.15) is 12.0 Å². The number of nitrogens with zero attached hydrogens (tertiary/aromatic N) is 6. The molecule has 58 heavy (non-hydrogen) atoms. The Morgan fingerprint density at radius 1 is 0.845 bits per heavy atom. The van der Waals surface area contributed by atoms with Crippen LogP contribution in [-0.2, 0) is 54.0 Å². The molecule has 0 aliphatic rings. The van der Waals surface area contributed by atoms with E-state index in [0.717, 1.165) is 24.3 Å². The van der Waals surface area contributed by atoms with Gasteiger partial charge < -0.3 is 15.7 Å². The van der Waals surface area contributed by atoms with E-state index in [1.54, 1.807) is 18.2 Å². The van der Waals surface area contributed by atoms with Crippen molar-refractivity contribution in [3.63, 3.8) is 0 Å². The number of hydrogen-bond donors (Lipinski definition) is 8. The molecule has 0 amide bonds. The van der Waals surface area contributed by atoms with Gasteiger partial charge in [0.1, 0.15) is 16.3 Å². The molecule has 1 heterocycles. The molecule has 0 fully saturated rings. The number of halogens is 1. The third-order valence-corrected chi connectivity index (χ3v) is 11.2. The highest BCUT2D eigenvalue weighted by Gasteiger charge is 2.21. The maximum Gasteiger partial charge on any atom is 0.397 e. The molecule has 3 aromatic carbocycles. The number of sulfone groups is 1. The fourth-order valence-electron chi connectivity index (χ4n) is 4.25. The summed E-state index contributed by atoms with van der Waals surface area (Å²) in [4.78, 5) is 9.29. The molecular weight excluding hydrogens is 886 g/mol. The van der Waals surface area contributed by atoms with E-state index in [2.05, 4.69) is 59.9 Å². The van der Waals surface area contributed by atoms with E-state index in [1.807, 2.05) is 0 Å². The summed E-state index contributed by atoms with van der Waals surface area (Å²) in [7, 11) is -18.6. The Bertz CT molecular complexity index is 2620. The SMILES string of the molecule is O=S(=O)(CCCNc1nc(F)nc(Nc2cc(S(=O)(=O)O)cc(NN=C(N=Nc3cc(SOOO)ccc3S(=O)(=O)O)c3ccccc3)c2O)n1)CCOS(=O)(=O)O. The van der Waals surface area contributed by atoms with Crippen molar-refractivity contribution in [1.29, 1.82) is 0 Å². The molecule has 0 aliphatic heterocycles. The smallest absolute Gasteiger partial charge is 0.397 e. The summed E-state index contributed by atoms with van der Waals surface area (Å²) in [5.74, 6) is -3.47. The summed E-state index contributed by atoms with van der Waals surface area (Å²) in [5.41, 5.74) is 1.03. The quantitative estimate of drug-likeness (QED) is 0.00727. The molecule has 0 bridgehead atoms. The molecule has 0 saturated carbocycles. The van der Waals surface area contributed by atoms with Gasteiger partial charge >= 0.3 is 16.5 Å². The number of rotatable bonds is 20. The van der Waals surface area contributed by atoms with Gasteiger partial charge in [0.2, 0.25) is 17.7 Å². The molecular formula is C27H28FN9O16S5. The van der Waals surface area contributed by atoms with Crippen LogP contribution in [0.5, 0.6) is 5.75 Å². The van der Waals surface area contributed by atoms with Crippen LogP contribution in [0.15, 0.2) is 90.7 Å². The number of hydrazone groups is 1. The van der Waals surface area contributed by atoms with Crippen molar-refractivity contribution < 1.29 is 75.6 Å². The standard InChI is InChI=1S/C27H28FN9O16S5/c28-25-31-26(29-9-4-11-55(40,41)12-10-51-58(48,49)50)33-27(32-25)30-20-14-18(56(42,43)44)15-21(23(20)38)35-37-24(16-5-2-1-3-6-16)36-34-19-13-17(54-53-52-39)7-8-22(19)57(45,46)47/h1-3,5-8,13-15,35,38-39H,4,9-12H2,(H,42,43,44)(H,45,46,47)(H,48,49,50)(H2,29,30,31,32,33).